The van der Waals surface area contributed by atoms with E-state index in [1.807, 2.05) is 87.9 Å². The van der Waals surface area contributed by atoms with Gasteiger partial charge in [0.1, 0.15) is 0 Å². The summed E-state index contributed by atoms with van der Waals surface area (Å²) in [6.07, 6.45) is 5.66. The van der Waals surface area contributed by atoms with Gasteiger partial charge in [0.25, 0.3) is 0 Å². The molecule has 0 radical (unpaired) electrons. The number of carbonyl (C=O) groups is 1. The van der Waals surface area contributed by atoms with Gasteiger partial charge in [0.05, 0.1) is 0 Å². The number of anilines is 3. The van der Waals surface area contributed by atoms with Crippen LogP contribution < -0.4 is 21.3 Å². The number of pyridine rings is 1. The third kappa shape index (κ3) is 5.90. The maximum atomic E-state index is 12.5. The molecule has 7 nitrogen and oxygen atoms in total. The number of nitrogens with one attached hydrogen (secondary N) is 2. The van der Waals surface area contributed by atoms with E-state index in [0.717, 1.165) is 46.6 Å². The summed E-state index contributed by atoms with van der Waals surface area (Å²) < 4.78 is 2.13. The van der Waals surface area contributed by atoms with Crippen molar-refractivity contribution >= 4 is 34.0 Å². The number of hydrogen-bond donors (Lipinski definition) is 3. The number of amides is 2. The first-order valence-electron chi connectivity index (χ1n) is 10.9. The van der Waals surface area contributed by atoms with Crippen LogP contribution in [0.1, 0.15) is 19.4 Å². The second-order valence-corrected chi connectivity index (χ2v) is 9.05. The van der Waals surface area contributed by atoms with E-state index in [4.69, 9.17) is 5.73 Å². The quantitative estimate of drug-likeness (QED) is 0.374. The first kappa shape index (κ1) is 22.4. The molecule has 33 heavy (non-hydrogen) atoms. The van der Waals surface area contributed by atoms with Gasteiger partial charge in [-0.25, -0.2) is 4.79 Å². The zero-order valence-corrected chi connectivity index (χ0v) is 19.2. The molecule has 170 valence electrons. The smallest absolute Gasteiger partial charge is 0.323 e. The van der Waals surface area contributed by atoms with E-state index in [-0.39, 0.29) is 11.6 Å². The average molecular weight is 443 g/mol. The first-order chi connectivity index (χ1) is 15.8. The van der Waals surface area contributed by atoms with Crippen molar-refractivity contribution in [1.82, 2.24) is 9.55 Å². The molecule has 4 N–H and O–H groups in total. The van der Waals surface area contributed by atoms with Gasteiger partial charge in [0, 0.05) is 72.2 Å². The summed E-state index contributed by atoms with van der Waals surface area (Å²) in [5.74, 6) is 0. The monoisotopic (exact) mass is 442 g/mol. The SMILES string of the molecule is CN(Cc1cccnc1)c1ccc(NC(=O)Nc2ccc3c(ccn3CC(C)(C)N)c2)cc1. The topological polar surface area (TPSA) is 88.2 Å². The molecule has 0 aliphatic rings. The lowest BCUT2D eigenvalue weighted by Crippen LogP contribution is -2.36. The van der Waals surface area contributed by atoms with Crippen molar-refractivity contribution in [3.63, 3.8) is 0 Å². The van der Waals surface area contributed by atoms with Crippen LogP contribution in [0.3, 0.4) is 0 Å². The van der Waals surface area contributed by atoms with Crippen LogP contribution in [0.25, 0.3) is 10.9 Å². The average Bonchev–Trinajstić information content (AvgIpc) is 3.15. The number of nitrogens with two attached hydrogens (primary N) is 1. The van der Waals surface area contributed by atoms with Crippen LogP contribution in [0, 0.1) is 0 Å². The van der Waals surface area contributed by atoms with Crippen molar-refractivity contribution in [2.45, 2.75) is 32.5 Å². The lowest BCUT2D eigenvalue weighted by Gasteiger charge is -2.20. The molecule has 2 aromatic carbocycles. The largest absolute Gasteiger partial charge is 0.370 e. The molecule has 2 aromatic heterocycles. The van der Waals surface area contributed by atoms with Crippen LogP contribution in [0.2, 0.25) is 0 Å². The second kappa shape index (κ2) is 9.34. The number of hydrogen-bond acceptors (Lipinski definition) is 4. The van der Waals surface area contributed by atoms with E-state index in [0.29, 0.717) is 0 Å². The maximum Gasteiger partial charge on any atom is 0.323 e. The van der Waals surface area contributed by atoms with Gasteiger partial charge in [0.15, 0.2) is 0 Å². The van der Waals surface area contributed by atoms with Crippen LogP contribution in [-0.2, 0) is 13.1 Å². The Morgan fingerprint density at radius 1 is 1.06 bits per heavy atom. The Hall–Kier alpha value is -3.84. The van der Waals surface area contributed by atoms with Crippen LogP contribution in [0.15, 0.2) is 79.3 Å². The van der Waals surface area contributed by atoms with Crippen LogP contribution in [0.4, 0.5) is 21.9 Å². The zero-order chi connectivity index (χ0) is 23.4. The van der Waals surface area contributed by atoms with Gasteiger partial charge in [-0.1, -0.05) is 6.07 Å². The Morgan fingerprint density at radius 2 is 1.79 bits per heavy atom. The summed E-state index contributed by atoms with van der Waals surface area (Å²) in [5.41, 5.74) is 10.6. The molecule has 4 rings (SSSR count). The molecule has 0 fully saturated rings. The van der Waals surface area contributed by atoms with E-state index in [9.17, 15) is 4.79 Å². The summed E-state index contributed by atoms with van der Waals surface area (Å²) in [5, 5.41) is 6.85. The van der Waals surface area contributed by atoms with Gasteiger partial charge >= 0.3 is 6.03 Å². The Morgan fingerprint density at radius 3 is 2.48 bits per heavy atom. The van der Waals surface area contributed by atoms with Crippen molar-refractivity contribution in [3.05, 3.63) is 84.8 Å². The number of aromatic nitrogens is 2. The number of benzene rings is 2. The predicted molar refractivity (Wildman–Crippen MR) is 136 cm³/mol. The summed E-state index contributed by atoms with van der Waals surface area (Å²) >= 11 is 0. The highest BCUT2D eigenvalue weighted by Gasteiger charge is 2.13. The maximum absolute atomic E-state index is 12.5. The molecule has 2 amide bonds. The lowest BCUT2D eigenvalue weighted by atomic mass is 10.1. The van der Waals surface area contributed by atoms with Crippen molar-refractivity contribution in [2.75, 3.05) is 22.6 Å². The summed E-state index contributed by atoms with van der Waals surface area (Å²) in [6.45, 7) is 5.49. The number of fused-ring (bicyclic) bond motifs is 1. The molecule has 7 heteroatoms. The molecule has 2 heterocycles. The van der Waals surface area contributed by atoms with Gasteiger partial charge in [-0.05, 0) is 74.0 Å². The van der Waals surface area contributed by atoms with Crippen LogP contribution in [0.5, 0.6) is 0 Å². The minimum absolute atomic E-state index is 0.284. The van der Waals surface area contributed by atoms with Gasteiger partial charge in [0.2, 0.25) is 0 Å². The van der Waals surface area contributed by atoms with Gasteiger partial charge in [-0.15, -0.1) is 0 Å². The van der Waals surface area contributed by atoms with E-state index >= 15 is 0 Å². The highest BCUT2D eigenvalue weighted by molar-refractivity contribution is 6.01. The van der Waals surface area contributed by atoms with Gasteiger partial charge in [-0.3, -0.25) is 4.98 Å². The van der Waals surface area contributed by atoms with Crippen molar-refractivity contribution in [2.24, 2.45) is 5.73 Å². The molecule has 0 aliphatic carbocycles. The molecule has 0 spiro atoms. The first-order valence-corrected chi connectivity index (χ1v) is 10.9. The summed E-state index contributed by atoms with van der Waals surface area (Å²) in [4.78, 5) is 18.8. The van der Waals surface area contributed by atoms with Crippen LogP contribution >= 0.6 is 0 Å². The Labute approximate surface area is 194 Å². The van der Waals surface area contributed by atoms with E-state index < -0.39 is 0 Å². The molecule has 0 saturated carbocycles. The minimum atomic E-state index is -0.300. The number of rotatable bonds is 7. The van der Waals surface area contributed by atoms with Crippen molar-refractivity contribution in [1.29, 1.82) is 0 Å². The fraction of sp³-hybridized carbons (Fsp3) is 0.231. The molecule has 0 aliphatic heterocycles. The Bertz CT molecular complexity index is 1230. The van der Waals surface area contributed by atoms with Crippen molar-refractivity contribution in [3.8, 4) is 0 Å². The summed E-state index contributed by atoms with van der Waals surface area (Å²) in [6, 6.07) is 19.4. The molecule has 4 aromatic rings. The molecule has 0 unspecified atom stereocenters. The molecule has 0 saturated heterocycles. The highest BCUT2D eigenvalue weighted by Crippen LogP contribution is 2.23. The summed E-state index contributed by atoms with van der Waals surface area (Å²) in [7, 11) is 2.03. The van der Waals surface area contributed by atoms with Gasteiger partial charge in [-0.2, -0.15) is 0 Å². The van der Waals surface area contributed by atoms with Crippen molar-refractivity contribution < 1.29 is 4.79 Å². The fourth-order valence-corrected chi connectivity index (χ4v) is 3.80. The minimum Gasteiger partial charge on any atom is -0.370 e. The Kier molecular flexibility index (Phi) is 6.33. The molecule has 0 atom stereocenters. The van der Waals surface area contributed by atoms with Crippen LogP contribution in [-0.4, -0.2) is 28.2 Å². The predicted octanol–water partition coefficient (Wildman–Crippen LogP) is 5.05. The number of urea groups is 1. The third-order valence-electron chi connectivity index (χ3n) is 5.32. The normalized spacial score (nSPS) is 11.4. The molecular formula is C26H30N6O. The second-order valence-electron chi connectivity index (χ2n) is 9.05. The van der Waals surface area contributed by atoms with E-state index in [1.54, 1.807) is 6.20 Å². The fourth-order valence-electron chi connectivity index (χ4n) is 3.80. The third-order valence-corrected chi connectivity index (χ3v) is 5.32. The number of nitrogens with zero attached hydrogens (tertiary/aromatic N) is 3. The van der Waals surface area contributed by atoms with E-state index in [2.05, 4.69) is 31.2 Å². The molecule has 0 bridgehead atoms. The van der Waals surface area contributed by atoms with E-state index in [1.165, 1.54) is 0 Å². The Balaban J connectivity index is 1.36. The number of carbonyl (C=O) groups excluding carboxylic acids is 1. The zero-order valence-electron chi connectivity index (χ0n) is 19.2. The standard InChI is InChI=1S/C26H30N6O/c1-26(2,27)18-32-14-12-20-15-22(8-11-24(20)32)30-25(33)29-21-6-9-23(10-7-21)31(3)17-19-5-4-13-28-16-19/h4-16H,17-18,27H2,1-3H3,(H2,29,30,33). The highest BCUT2D eigenvalue weighted by atomic mass is 16.2. The van der Waals surface area contributed by atoms with Gasteiger partial charge < -0.3 is 25.8 Å². The molecular weight excluding hydrogens is 412 g/mol. The lowest BCUT2D eigenvalue weighted by molar-refractivity contribution is 0.262.